The lowest BCUT2D eigenvalue weighted by Crippen LogP contribution is -2.55. The Morgan fingerprint density at radius 3 is 2.00 bits per heavy atom. The van der Waals surface area contributed by atoms with E-state index >= 15 is 0 Å². The molecule has 164 valence electrons. The summed E-state index contributed by atoms with van der Waals surface area (Å²) in [6, 6.07) is 6.33. The van der Waals surface area contributed by atoms with Gasteiger partial charge in [-0.05, 0) is 37.8 Å². The highest BCUT2D eigenvalue weighted by Gasteiger charge is 2.33. The van der Waals surface area contributed by atoms with E-state index in [2.05, 4.69) is 14.8 Å². The molecular weight excluding hydrogens is 376 g/mol. The second-order valence-corrected chi connectivity index (χ2v) is 9.17. The smallest absolute Gasteiger partial charge is 0.272 e. The van der Waals surface area contributed by atoms with Gasteiger partial charge in [0.25, 0.3) is 5.91 Å². The molecule has 0 bridgehead atoms. The van der Waals surface area contributed by atoms with Gasteiger partial charge in [0.05, 0.1) is 6.54 Å². The van der Waals surface area contributed by atoms with Crippen LogP contribution in [0.3, 0.4) is 0 Å². The molecule has 2 saturated carbocycles. The van der Waals surface area contributed by atoms with Crippen LogP contribution in [0.1, 0.15) is 74.7 Å². The van der Waals surface area contributed by atoms with Gasteiger partial charge in [-0.1, -0.05) is 44.6 Å². The molecule has 6 nitrogen and oxygen atoms in total. The summed E-state index contributed by atoms with van der Waals surface area (Å²) in [5.41, 5.74) is 0.503. The van der Waals surface area contributed by atoms with Crippen LogP contribution in [0.4, 0.5) is 0 Å². The van der Waals surface area contributed by atoms with E-state index in [4.69, 9.17) is 0 Å². The number of carbonyl (C=O) groups excluding carboxylic acids is 2. The summed E-state index contributed by atoms with van der Waals surface area (Å²) in [6.45, 7) is 3.34. The van der Waals surface area contributed by atoms with Crippen molar-refractivity contribution in [2.45, 2.75) is 76.3 Å². The Labute approximate surface area is 180 Å². The summed E-state index contributed by atoms with van der Waals surface area (Å²) >= 11 is 0. The third kappa shape index (κ3) is 5.20. The molecule has 0 spiro atoms. The molecule has 2 aliphatic carbocycles. The quantitative estimate of drug-likeness (QED) is 0.744. The van der Waals surface area contributed by atoms with Crippen molar-refractivity contribution in [3.63, 3.8) is 0 Å². The summed E-state index contributed by atoms with van der Waals surface area (Å²) in [5, 5.41) is 0. The standard InChI is InChI=1S/C24H36N4O2/c29-23(28(20-9-3-1-4-10-20)21-11-5-2-6-12-21)19-26-15-17-27(18-16-26)24(30)22-13-7-8-14-25-22/h7-8,13-14,20-21H,1-6,9-12,15-19H2. The van der Waals surface area contributed by atoms with Crippen molar-refractivity contribution in [2.75, 3.05) is 32.7 Å². The fourth-order valence-electron chi connectivity index (χ4n) is 5.46. The molecule has 2 amide bonds. The lowest BCUT2D eigenvalue weighted by molar-refractivity contribution is -0.139. The predicted octanol–water partition coefficient (Wildman–Crippen LogP) is 3.33. The second-order valence-electron chi connectivity index (χ2n) is 9.17. The molecule has 4 rings (SSSR count). The van der Waals surface area contributed by atoms with Crippen molar-refractivity contribution in [2.24, 2.45) is 0 Å². The fourth-order valence-corrected chi connectivity index (χ4v) is 5.46. The second kappa shape index (κ2) is 10.4. The van der Waals surface area contributed by atoms with Gasteiger partial charge >= 0.3 is 0 Å². The Hall–Kier alpha value is -1.95. The van der Waals surface area contributed by atoms with E-state index in [1.54, 1.807) is 12.3 Å². The first kappa shape index (κ1) is 21.3. The number of amides is 2. The van der Waals surface area contributed by atoms with Crippen molar-refractivity contribution < 1.29 is 9.59 Å². The van der Waals surface area contributed by atoms with Crippen LogP contribution in [0.2, 0.25) is 0 Å². The highest BCUT2D eigenvalue weighted by molar-refractivity contribution is 5.92. The molecule has 0 N–H and O–H groups in total. The molecule has 0 aromatic carbocycles. The first-order valence-corrected chi connectivity index (χ1v) is 12.0. The molecule has 1 aliphatic heterocycles. The zero-order valence-corrected chi connectivity index (χ0v) is 18.2. The molecule has 3 fully saturated rings. The Morgan fingerprint density at radius 2 is 1.47 bits per heavy atom. The number of hydrogen-bond acceptors (Lipinski definition) is 4. The van der Waals surface area contributed by atoms with Crippen LogP contribution < -0.4 is 0 Å². The number of nitrogens with zero attached hydrogens (tertiary/aromatic N) is 4. The van der Waals surface area contributed by atoms with Crippen LogP contribution in [0.25, 0.3) is 0 Å². The number of pyridine rings is 1. The molecule has 1 aromatic rings. The topological polar surface area (TPSA) is 56.8 Å². The molecule has 0 atom stereocenters. The van der Waals surface area contributed by atoms with Gasteiger partial charge in [-0.2, -0.15) is 0 Å². The van der Waals surface area contributed by atoms with E-state index < -0.39 is 0 Å². The molecule has 0 radical (unpaired) electrons. The van der Waals surface area contributed by atoms with Crippen molar-refractivity contribution in [3.8, 4) is 0 Å². The average molecular weight is 413 g/mol. The third-order valence-corrected chi connectivity index (χ3v) is 7.13. The molecule has 0 unspecified atom stereocenters. The first-order valence-electron chi connectivity index (χ1n) is 12.0. The monoisotopic (exact) mass is 412 g/mol. The average Bonchev–Trinajstić information content (AvgIpc) is 2.81. The van der Waals surface area contributed by atoms with Gasteiger partial charge in [-0.3, -0.25) is 19.5 Å². The first-order chi connectivity index (χ1) is 14.7. The number of piperazine rings is 1. The number of carbonyl (C=O) groups is 2. The van der Waals surface area contributed by atoms with E-state index in [0.29, 0.717) is 43.3 Å². The van der Waals surface area contributed by atoms with Gasteiger partial charge in [-0.15, -0.1) is 0 Å². The van der Waals surface area contributed by atoms with Crippen molar-refractivity contribution >= 4 is 11.8 Å². The van der Waals surface area contributed by atoms with Gasteiger partial charge < -0.3 is 9.80 Å². The number of rotatable bonds is 5. The predicted molar refractivity (Wildman–Crippen MR) is 117 cm³/mol. The molecule has 3 aliphatic rings. The van der Waals surface area contributed by atoms with Crippen LogP contribution in [0.5, 0.6) is 0 Å². The lowest BCUT2D eigenvalue weighted by atomic mass is 9.88. The van der Waals surface area contributed by atoms with Crippen molar-refractivity contribution in [1.82, 2.24) is 19.7 Å². The molecule has 2 heterocycles. The largest absolute Gasteiger partial charge is 0.336 e. The highest BCUT2D eigenvalue weighted by Crippen LogP contribution is 2.30. The van der Waals surface area contributed by atoms with Crippen LogP contribution in [-0.2, 0) is 4.79 Å². The number of aromatic nitrogens is 1. The Morgan fingerprint density at radius 1 is 0.867 bits per heavy atom. The van der Waals surface area contributed by atoms with Gasteiger partial charge in [-0.25, -0.2) is 0 Å². The van der Waals surface area contributed by atoms with Crippen LogP contribution >= 0.6 is 0 Å². The molecule has 1 saturated heterocycles. The third-order valence-electron chi connectivity index (χ3n) is 7.13. The molecular formula is C24H36N4O2. The van der Waals surface area contributed by atoms with Crippen molar-refractivity contribution in [1.29, 1.82) is 0 Å². The molecule has 6 heteroatoms. The summed E-state index contributed by atoms with van der Waals surface area (Å²) < 4.78 is 0. The van der Waals surface area contributed by atoms with E-state index in [1.165, 1.54) is 64.2 Å². The minimum absolute atomic E-state index is 0.00684. The van der Waals surface area contributed by atoms with E-state index in [-0.39, 0.29) is 5.91 Å². The van der Waals surface area contributed by atoms with E-state index in [1.807, 2.05) is 17.0 Å². The zero-order chi connectivity index (χ0) is 20.8. The van der Waals surface area contributed by atoms with Gasteiger partial charge in [0.15, 0.2) is 0 Å². The maximum absolute atomic E-state index is 13.4. The van der Waals surface area contributed by atoms with Crippen LogP contribution in [0.15, 0.2) is 24.4 Å². The summed E-state index contributed by atoms with van der Waals surface area (Å²) in [4.78, 5) is 36.7. The summed E-state index contributed by atoms with van der Waals surface area (Å²) in [7, 11) is 0. The van der Waals surface area contributed by atoms with E-state index in [0.717, 1.165) is 13.1 Å². The SMILES string of the molecule is O=C(c1ccccn1)N1CCN(CC(=O)N(C2CCCCC2)C2CCCCC2)CC1. The Kier molecular flexibility index (Phi) is 7.37. The fraction of sp³-hybridized carbons (Fsp3) is 0.708. The maximum Gasteiger partial charge on any atom is 0.272 e. The Balaban J connectivity index is 1.33. The highest BCUT2D eigenvalue weighted by atomic mass is 16.2. The minimum atomic E-state index is -0.00684. The normalized spacial score (nSPS) is 22.1. The van der Waals surface area contributed by atoms with Crippen LogP contribution in [0, 0.1) is 0 Å². The van der Waals surface area contributed by atoms with Gasteiger partial charge in [0.1, 0.15) is 5.69 Å². The summed E-state index contributed by atoms with van der Waals surface area (Å²) in [5.74, 6) is 0.311. The van der Waals surface area contributed by atoms with Gasteiger partial charge in [0.2, 0.25) is 5.91 Å². The lowest BCUT2D eigenvalue weighted by Gasteiger charge is -2.43. The minimum Gasteiger partial charge on any atom is -0.336 e. The maximum atomic E-state index is 13.4. The number of hydrogen-bond donors (Lipinski definition) is 0. The molecule has 1 aromatic heterocycles. The van der Waals surface area contributed by atoms with Crippen molar-refractivity contribution in [3.05, 3.63) is 30.1 Å². The Bertz CT molecular complexity index is 672. The zero-order valence-electron chi connectivity index (χ0n) is 18.2. The molecule has 30 heavy (non-hydrogen) atoms. The summed E-state index contributed by atoms with van der Waals surface area (Å²) in [6.07, 6.45) is 14.0. The van der Waals surface area contributed by atoms with Crippen LogP contribution in [-0.4, -0.2) is 76.3 Å². The van der Waals surface area contributed by atoms with E-state index in [9.17, 15) is 9.59 Å². The van der Waals surface area contributed by atoms with Gasteiger partial charge in [0, 0.05) is 44.5 Å².